The van der Waals surface area contributed by atoms with E-state index in [2.05, 4.69) is 0 Å². The van der Waals surface area contributed by atoms with Crippen molar-refractivity contribution in [3.05, 3.63) is 0 Å². The molecular formula is C12H24N2O4. The minimum Gasteiger partial charge on any atom is -0.449 e. The Hall–Kier alpha value is -1.14. The Labute approximate surface area is 109 Å². The monoisotopic (exact) mass is 260 g/mol. The van der Waals surface area contributed by atoms with Gasteiger partial charge in [0.05, 0.1) is 25.8 Å². The van der Waals surface area contributed by atoms with Crippen LogP contribution in [0.25, 0.3) is 0 Å². The number of hydrogen-bond donors (Lipinski definition) is 1. The molecule has 1 N–H and O–H groups in total. The normalized spacial score (nSPS) is 12.3. The number of hydrogen-bond acceptors (Lipinski definition) is 5. The van der Waals surface area contributed by atoms with Gasteiger partial charge >= 0.3 is 6.09 Å². The number of rotatable bonds is 8. The van der Waals surface area contributed by atoms with Gasteiger partial charge in [0.1, 0.15) is 0 Å². The molecule has 6 nitrogen and oxygen atoms in total. The van der Waals surface area contributed by atoms with Crippen molar-refractivity contribution in [2.24, 2.45) is 0 Å². The minimum atomic E-state index is -0.532. The lowest BCUT2D eigenvalue weighted by molar-refractivity contribution is -0.123. The number of ketones is 1. The summed E-state index contributed by atoms with van der Waals surface area (Å²) in [6.07, 6.45) is 0.267. The van der Waals surface area contributed by atoms with E-state index in [1.165, 1.54) is 4.90 Å². The smallest absolute Gasteiger partial charge is 0.410 e. The standard InChI is InChI=1S/C12H24N2O4/c1-5-8-18-12(17)14(4)10(2)11(16)9-13(3)6-7-15/h10,15H,5-9H2,1-4H3/t10-/m1/s1. The summed E-state index contributed by atoms with van der Waals surface area (Å²) in [6.45, 7) is 4.57. The molecule has 0 saturated carbocycles. The molecule has 0 aliphatic carbocycles. The fraction of sp³-hybridized carbons (Fsp3) is 0.833. The summed E-state index contributed by atoms with van der Waals surface area (Å²) in [7, 11) is 3.29. The third kappa shape index (κ3) is 5.97. The van der Waals surface area contributed by atoms with Gasteiger partial charge in [-0.05, 0) is 20.4 Å². The molecule has 0 aromatic carbocycles. The molecular weight excluding hydrogens is 236 g/mol. The molecule has 0 bridgehead atoms. The van der Waals surface area contributed by atoms with Crippen molar-refractivity contribution in [1.82, 2.24) is 9.80 Å². The van der Waals surface area contributed by atoms with Gasteiger partial charge in [0.25, 0.3) is 0 Å². The van der Waals surface area contributed by atoms with Crippen LogP contribution >= 0.6 is 0 Å². The first kappa shape index (κ1) is 16.9. The number of carbonyl (C=O) groups excluding carboxylic acids is 2. The quantitative estimate of drug-likeness (QED) is 0.682. The van der Waals surface area contributed by atoms with Crippen molar-refractivity contribution in [1.29, 1.82) is 0 Å². The number of ether oxygens (including phenoxy) is 1. The van der Waals surface area contributed by atoms with E-state index in [0.29, 0.717) is 13.2 Å². The fourth-order valence-electron chi connectivity index (χ4n) is 1.31. The van der Waals surface area contributed by atoms with Gasteiger partial charge in [-0.1, -0.05) is 6.92 Å². The lowest BCUT2D eigenvalue weighted by Gasteiger charge is -2.25. The topological polar surface area (TPSA) is 70.1 Å². The molecule has 0 radical (unpaired) electrons. The molecule has 106 valence electrons. The molecule has 0 unspecified atom stereocenters. The van der Waals surface area contributed by atoms with E-state index in [1.54, 1.807) is 25.9 Å². The van der Waals surface area contributed by atoms with Gasteiger partial charge in [-0.15, -0.1) is 0 Å². The van der Waals surface area contributed by atoms with Crippen LogP contribution in [0.15, 0.2) is 0 Å². The Balaban J connectivity index is 4.22. The van der Waals surface area contributed by atoms with Gasteiger partial charge in [0.15, 0.2) is 5.78 Å². The number of amides is 1. The van der Waals surface area contributed by atoms with Crippen LogP contribution in [0.1, 0.15) is 20.3 Å². The molecule has 0 heterocycles. The summed E-state index contributed by atoms with van der Waals surface area (Å²) in [5.74, 6) is -0.0816. The lowest BCUT2D eigenvalue weighted by atomic mass is 10.2. The molecule has 0 aliphatic rings. The molecule has 0 spiro atoms. The van der Waals surface area contributed by atoms with E-state index >= 15 is 0 Å². The van der Waals surface area contributed by atoms with Crippen molar-refractivity contribution < 1.29 is 19.4 Å². The summed E-state index contributed by atoms with van der Waals surface area (Å²) >= 11 is 0. The number of likely N-dealkylation sites (N-methyl/N-ethyl adjacent to an activating group) is 2. The highest BCUT2D eigenvalue weighted by Crippen LogP contribution is 2.02. The van der Waals surface area contributed by atoms with E-state index in [4.69, 9.17) is 9.84 Å². The second-order valence-corrected chi connectivity index (χ2v) is 4.33. The Morgan fingerprint density at radius 2 is 1.94 bits per heavy atom. The predicted octanol–water partition coefficient (Wildman–Crippen LogP) is 0.346. The maximum Gasteiger partial charge on any atom is 0.410 e. The van der Waals surface area contributed by atoms with Gasteiger partial charge in [0, 0.05) is 13.6 Å². The molecule has 0 aromatic heterocycles. The van der Waals surface area contributed by atoms with Gasteiger partial charge in [-0.25, -0.2) is 4.79 Å². The third-order valence-corrected chi connectivity index (χ3v) is 2.67. The first-order valence-corrected chi connectivity index (χ1v) is 6.15. The number of aliphatic hydroxyl groups excluding tert-OH is 1. The average Bonchev–Trinajstić information content (AvgIpc) is 2.34. The minimum absolute atomic E-state index is 0.00649. The number of carbonyl (C=O) groups is 2. The van der Waals surface area contributed by atoms with Crippen LogP contribution in [0.5, 0.6) is 0 Å². The first-order chi connectivity index (χ1) is 8.43. The lowest BCUT2D eigenvalue weighted by Crippen LogP contribution is -2.44. The number of aliphatic hydroxyl groups is 1. The zero-order chi connectivity index (χ0) is 14.1. The Bertz CT molecular complexity index is 271. The van der Waals surface area contributed by atoms with Crippen molar-refractivity contribution in [2.45, 2.75) is 26.3 Å². The first-order valence-electron chi connectivity index (χ1n) is 6.15. The molecule has 0 saturated heterocycles. The summed E-state index contributed by atoms with van der Waals surface area (Å²) < 4.78 is 4.96. The zero-order valence-corrected chi connectivity index (χ0v) is 11.7. The predicted molar refractivity (Wildman–Crippen MR) is 68.5 cm³/mol. The Morgan fingerprint density at radius 1 is 1.33 bits per heavy atom. The van der Waals surface area contributed by atoms with Crippen molar-refractivity contribution in [2.75, 3.05) is 40.4 Å². The molecule has 0 aromatic rings. The Morgan fingerprint density at radius 3 is 2.44 bits per heavy atom. The van der Waals surface area contributed by atoms with E-state index in [9.17, 15) is 9.59 Å². The van der Waals surface area contributed by atoms with Crippen LogP contribution < -0.4 is 0 Å². The van der Waals surface area contributed by atoms with Crippen LogP contribution in [-0.2, 0) is 9.53 Å². The fourth-order valence-corrected chi connectivity index (χ4v) is 1.31. The van der Waals surface area contributed by atoms with E-state index in [0.717, 1.165) is 6.42 Å². The molecule has 0 rings (SSSR count). The van der Waals surface area contributed by atoms with Gasteiger partial charge in [-0.3, -0.25) is 9.69 Å². The summed E-state index contributed by atoms with van der Waals surface area (Å²) in [5, 5.41) is 8.75. The number of Topliss-reactive ketones (excluding diaryl/α,β-unsaturated/α-hetero) is 1. The Kier molecular flexibility index (Phi) is 8.32. The van der Waals surface area contributed by atoms with Crippen LogP contribution in [0.3, 0.4) is 0 Å². The van der Waals surface area contributed by atoms with E-state index < -0.39 is 12.1 Å². The van der Waals surface area contributed by atoms with Gasteiger partial charge in [0.2, 0.25) is 0 Å². The largest absolute Gasteiger partial charge is 0.449 e. The highest BCUT2D eigenvalue weighted by Gasteiger charge is 2.23. The molecule has 18 heavy (non-hydrogen) atoms. The maximum atomic E-state index is 11.9. The average molecular weight is 260 g/mol. The second-order valence-electron chi connectivity index (χ2n) is 4.33. The van der Waals surface area contributed by atoms with Crippen LogP contribution in [0.4, 0.5) is 4.79 Å². The third-order valence-electron chi connectivity index (χ3n) is 2.67. The van der Waals surface area contributed by atoms with Crippen LogP contribution in [-0.4, -0.2) is 73.2 Å². The van der Waals surface area contributed by atoms with Gasteiger partial charge in [-0.2, -0.15) is 0 Å². The summed E-state index contributed by atoms with van der Waals surface area (Å²) in [4.78, 5) is 26.4. The highest BCUT2D eigenvalue weighted by atomic mass is 16.6. The molecule has 0 aliphatic heterocycles. The van der Waals surface area contributed by atoms with E-state index in [-0.39, 0.29) is 18.9 Å². The molecule has 6 heteroatoms. The van der Waals surface area contributed by atoms with Crippen LogP contribution in [0.2, 0.25) is 0 Å². The second kappa shape index (κ2) is 8.88. The highest BCUT2D eigenvalue weighted by molar-refractivity contribution is 5.88. The molecule has 1 atom stereocenters. The van der Waals surface area contributed by atoms with Crippen molar-refractivity contribution in [3.8, 4) is 0 Å². The van der Waals surface area contributed by atoms with Crippen molar-refractivity contribution >= 4 is 11.9 Å². The summed E-state index contributed by atoms with van der Waals surface area (Å²) in [6, 6.07) is -0.532. The molecule has 0 fully saturated rings. The maximum absolute atomic E-state index is 11.9. The van der Waals surface area contributed by atoms with Gasteiger partial charge < -0.3 is 14.7 Å². The SMILES string of the molecule is CCCOC(=O)N(C)[C@H](C)C(=O)CN(C)CCO. The van der Waals surface area contributed by atoms with E-state index in [1.807, 2.05) is 6.92 Å². The zero-order valence-electron chi connectivity index (χ0n) is 11.7. The van der Waals surface area contributed by atoms with Crippen molar-refractivity contribution in [3.63, 3.8) is 0 Å². The summed E-state index contributed by atoms with van der Waals surface area (Å²) in [5.41, 5.74) is 0. The molecule has 1 amide bonds. The van der Waals surface area contributed by atoms with Crippen LogP contribution in [0, 0.1) is 0 Å². The number of nitrogens with zero attached hydrogens (tertiary/aromatic N) is 2.